The molecule has 4 nitrogen and oxygen atoms in total. The summed E-state index contributed by atoms with van der Waals surface area (Å²) in [5.74, 6) is 0. The van der Waals surface area contributed by atoms with Crippen LogP contribution in [0.1, 0.15) is 28.2 Å². The van der Waals surface area contributed by atoms with Gasteiger partial charge in [0.15, 0.2) is 11.4 Å². The molecule has 0 saturated heterocycles. The Labute approximate surface area is 112 Å². The highest BCUT2D eigenvalue weighted by Gasteiger charge is 2.39. The summed E-state index contributed by atoms with van der Waals surface area (Å²) in [5.41, 5.74) is 0.394. The topological polar surface area (TPSA) is 42.4 Å². The number of aldehydes is 1. The van der Waals surface area contributed by atoms with Gasteiger partial charge in [-0.05, 0) is 12.8 Å². The highest BCUT2D eigenvalue weighted by atomic mass is 32.1. The Morgan fingerprint density at radius 3 is 2.68 bits per heavy atom. The van der Waals surface area contributed by atoms with Crippen molar-refractivity contribution in [3.8, 4) is 0 Å². The van der Waals surface area contributed by atoms with Crippen molar-refractivity contribution >= 4 is 22.8 Å². The SMILES string of the molecule is COCc1nc(N(CC(F)(F)F)C2CC2)sc1C=O. The molecule has 0 unspecified atom stereocenters. The molecule has 0 amide bonds. The number of ether oxygens (including phenoxy) is 1. The number of halogens is 3. The van der Waals surface area contributed by atoms with Gasteiger partial charge in [-0.3, -0.25) is 4.79 Å². The molecule has 1 aliphatic rings. The van der Waals surface area contributed by atoms with Crippen LogP contribution in [0.5, 0.6) is 0 Å². The van der Waals surface area contributed by atoms with Crippen molar-refractivity contribution in [3.63, 3.8) is 0 Å². The zero-order valence-corrected chi connectivity index (χ0v) is 11.1. The summed E-state index contributed by atoms with van der Waals surface area (Å²) in [7, 11) is 1.45. The lowest BCUT2D eigenvalue weighted by molar-refractivity contribution is -0.120. The summed E-state index contributed by atoms with van der Waals surface area (Å²) >= 11 is 0.983. The summed E-state index contributed by atoms with van der Waals surface area (Å²) in [6, 6.07) is -0.123. The fraction of sp³-hybridized carbons (Fsp3) is 0.636. The highest BCUT2D eigenvalue weighted by molar-refractivity contribution is 7.17. The summed E-state index contributed by atoms with van der Waals surface area (Å²) in [6.45, 7) is -0.912. The summed E-state index contributed by atoms with van der Waals surface area (Å²) in [6.07, 6.45) is -2.22. The Morgan fingerprint density at radius 1 is 1.53 bits per heavy atom. The molecule has 0 N–H and O–H groups in total. The minimum absolute atomic E-state index is 0.120. The van der Waals surface area contributed by atoms with E-state index in [0.29, 0.717) is 16.9 Å². The van der Waals surface area contributed by atoms with Crippen molar-refractivity contribution in [3.05, 3.63) is 10.6 Å². The number of thiazole rings is 1. The van der Waals surface area contributed by atoms with Crippen molar-refractivity contribution in [1.82, 2.24) is 4.98 Å². The first kappa shape index (κ1) is 14.3. The van der Waals surface area contributed by atoms with Gasteiger partial charge in [0.05, 0.1) is 17.2 Å². The minimum Gasteiger partial charge on any atom is -0.378 e. The van der Waals surface area contributed by atoms with Gasteiger partial charge in [-0.1, -0.05) is 11.3 Å². The van der Waals surface area contributed by atoms with Crippen molar-refractivity contribution in [2.75, 3.05) is 18.6 Å². The van der Waals surface area contributed by atoms with Gasteiger partial charge in [-0.15, -0.1) is 0 Å². The van der Waals surface area contributed by atoms with Gasteiger partial charge in [0, 0.05) is 13.2 Å². The Bertz CT molecular complexity index is 457. The van der Waals surface area contributed by atoms with Crippen LogP contribution in [0.2, 0.25) is 0 Å². The maximum Gasteiger partial charge on any atom is 0.406 e. The molecule has 19 heavy (non-hydrogen) atoms. The number of carbonyl (C=O) groups excluding carboxylic acids is 1. The minimum atomic E-state index is -4.28. The Balaban J connectivity index is 2.23. The molecule has 1 aromatic heterocycles. The van der Waals surface area contributed by atoms with Gasteiger partial charge in [0.25, 0.3) is 0 Å². The van der Waals surface area contributed by atoms with Gasteiger partial charge >= 0.3 is 6.18 Å². The molecule has 0 aromatic carbocycles. The first-order chi connectivity index (χ1) is 8.94. The number of nitrogens with zero attached hydrogens (tertiary/aromatic N) is 2. The Hall–Kier alpha value is -1.15. The second-order valence-electron chi connectivity index (χ2n) is 4.33. The van der Waals surface area contributed by atoms with E-state index in [1.807, 2.05) is 0 Å². The molecule has 0 aliphatic heterocycles. The van der Waals surface area contributed by atoms with E-state index >= 15 is 0 Å². The van der Waals surface area contributed by atoms with Crippen LogP contribution in [-0.4, -0.2) is 37.1 Å². The second-order valence-corrected chi connectivity index (χ2v) is 5.34. The normalized spacial score (nSPS) is 15.6. The standard InChI is InChI=1S/C11H13F3N2O2S/c1-18-5-8-9(4-17)19-10(15-8)16(7-2-3-7)6-11(12,13)14/h4,7H,2-3,5-6H2,1H3. The lowest BCUT2D eigenvalue weighted by atomic mass is 10.4. The van der Waals surface area contributed by atoms with E-state index in [4.69, 9.17) is 4.74 Å². The van der Waals surface area contributed by atoms with E-state index in [0.717, 1.165) is 24.2 Å². The molecule has 0 bridgehead atoms. The molecule has 8 heteroatoms. The molecular weight excluding hydrogens is 281 g/mol. The first-order valence-corrected chi connectivity index (χ1v) is 6.53. The van der Waals surface area contributed by atoms with Crippen LogP contribution in [0.3, 0.4) is 0 Å². The maximum absolute atomic E-state index is 12.6. The molecule has 0 atom stereocenters. The van der Waals surface area contributed by atoms with Crippen LogP contribution in [-0.2, 0) is 11.3 Å². The van der Waals surface area contributed by atoms with E-state index in [9.17, 15) is 18.0 Å². The predicted molar refractivity (Wildman–Crippen MR) is 64.6 cm³/mol. The molecule has 1 aromatic rings. The van der Waals surface area contributed by atoms with Crippen LogP contribution in [0.4, 0.5) is 18.3 Å². The molecule has 0 radical (unpaired) electrons. The van der Waals surface area contributed by atoms with Gasteiger partial charge < -0.3 is 9.64 Å². The van der Waals surface area contributed by atoms with Crippen molar-refractivity contribution in [2.24, 2.45) is 0 Å². The van der Waals surface area contributed by atoms with Gasteiger partial charge in [-0.25, -0.2) is 4.98 Å². The number of aromatic nitrogens is 1. The highest BCUT2D eigenvalue weighted by Crippen LogP contribution is 2.37. The number of hydrogen-bond acceptors (Lipinski definition) is 5. The van der Waals surface area contributed by atoms with Crippen LogP contribution < -0.4 is 4.90 Å². The number of rotatable bonds is 6. The monoisotopic (exact) mass is 294 g/mol. The molecule has 1 saturated carbocycles. The summed E-state index contributed by atoms with van der Waals surface area (Å²) in [4.78, 5) is 16.5. The predicted octanol–water partition coefficient (Wildman–Crippen LogP) is 2.63. The fourth-order valence-electron chi connectivity index (χ4n) is 1.74. The van der Waals surface area contributed by atoms with Crippen molar-refractivity contribution in [2.45, 2.75) is 31.7 Å². The number of alkyl halides is 3. The van der Waals surface area contributed by atoms with Crippen LogP contribution in [0, 0.1) is 0 Å². The van der Waals surface area contributed by atoms with E-state index in [2.05, 4.69) is 4.98 Å². The zero-order valence-electron chi connectivity index (χ0n) is 10.2. The quantitative estimate of drug-likeness (QED) is 0.756. The van der Waals surface area contributed by atoms with E-state index in [1.54, 1.807) is 0 Å². The van der Waals surface area contributed by atoms with Crippen molar-refractivity contribution < 1.29 is 22.7 Å². The summed E-state index contributed by atoms with van der Waals surface area (Å²) < 4.78 is 42.6. The number of anilines is 1. The molecule has 2 rings (SSSR count). The molecule has 0 spiro atoms. The van der Waals surface area contributed by atoms with E-state index < -0.39 is 12.7 Å². The summed E-state index contributed by atoms with van der Waals surface area (Å²) in [5, 5.41) is 0.244. The third kappa shape index (κ3) is 3.66. The van der Waals surface area contributed by atoms with Gasteiger partial charge in [0.2, 0.25) is 0 Å². The van der Waals surface area contributed by atoms with Gasteiger partial charge in [-0.2, -0.15) is 13.2 Å². The zero-order chi connectivity index (χ0) is 14.0. The lowest BCUT2D eigenvalue weighted by Crippen LogP contribution is -2.35. The number of hydrogen-bond donors (Lipinski definition) is 0. The maximum atomic E-state index is 12.6. The largest absolute Gasteiger partial charge is 0.406 e. The third-order valence-electron chi connectivity index (χ3n) is 2.69. The van der Waals surface area contributed by atoms with E-state index in [-0.39, 0.29) is 17.8 Å². The third-order valence-corrected chi connectivity index (χ3v) is 3.75. The fourth-order valence-corrected chi connectivity index (χ4v) is 2.69. The number of carbonyl (C=O) groups is 1. The smallest absolute Gasteiger partial charge is 0.378 e. The van der Waals surface area contributed by atoms with Crippen molar-refractivity contribution in [1.29, 1.82) is 0 Å². The van der Waals surface area contributed by atoms with Crippen LogP contribution in [0.25, 0.3) is 0 Å². The Morgan fingerprint density at radius 2 is 2.21 bits per heavy atom. The molecular formula is C11H13F3N2O2S. The first-order valence-electron chi connectivity index (χ1n) is 5.72. The van der Waals surface area contributed by atoms with Crippen LogP contribution >= 0.6 is 11.3 Å². The van der Waals surface area contributed by atoms with Gasteiger partial charge in [0.1, 0.15) is 6.54 Å². The molecule has 1 heterocycles. The van der Waals surface area contributed by atoms with Crippen LogP contribution in [0.15, 0.2) is 0 Å². The molecule has 1 fully saturated rings. The lowest BCUT2D eigenvalue weighted by Gasteiger charge is -2.22. The average Bonchev–Trinajstić information content (AvgIpc) is 3.07. The molecule has 106 valence electrons. The molecule has 1 aliphatic carbocycles. The second kappa shape index (κ2) is 5.46. The number of methoxy groups -OCH3 is 1. The Kier molecular flexibility index (Phi) is 4.10. The van der Waals surface area contributed by atoms with E-state index in [1.165, 1.54) is 12.0 Å². The average molecular weight is 294 g/mol.